The lowest BCUT2D eigenvalue weighted by Gasteiger charge is -2.12. The first-order valence-corrected chi connectivity index (χ1v) is 9.84. The average Bonchev–Trinajstić information content (AvgIpc) is 3.23. The van der Waals surface area contributed by atoms with E-state index in [1.165, 1.54) is 0 Å². The van der Waals surface area contributed by atoms with Gasteiger partial charge in [-0.2, -0.15) is 0 Å². The molecule has 6 nitrogen and oxygen atoms in total. The Morgan fingerprint density at radius 1 is 1.07 bits per heavy atom. The molecule has 1 amide bonds. The summed E-state index contributed by atoms with van der Waals surface area (Å²) in [4.78, 5) is 12.5. The summed E-state index contributed by atoms with van der Waals surface area (Å²) >= 11 is 0. The summed E-state index contributed by atoms with van der Waals surface area (Å²) in [5, 5.41) is 2.99. The Kier molecular flexibility index (Phi) is 7.28. The van der Waals surface area contributed by atoms with Crippen molar-refractivity contribution in [3.63, 3.8) is 0 Å². The summed E-state index contributed by atoms with van der Waals surface area (Å²) in [6, 6.07) is 15.6. The van der Waals surface area contributed by atoms with Crippen LogP contribution in [0.4, 0.5) is 0 Å². The lowest BCUT2D eigenvalue weighted by molar-refractivity contribution is -0.123. The van der Waals surface area contributed by atoms with E-state index in [4.69, 9.17) is 9.47 Å². The number of methoxy groups -OCH3 is 1. The average molecular weight is 383 g/mol. The molecule has 28 heavy (non-hydrogen) atoms. The van der Waals surface area contributed by atoms with Gasteiger partial charge < -0.3 is 14.8 Å². The van der Waals surface area contributed by atoms with Crippen LogP contribution in [0.1, 0.15) is 43.4 Å². The van der Waals surface area contributed by atoms with Gasteiger partial charge in [-0.05, 0) is 48.2 Å². The van der Waals surface area contributed by atoms with Crippen molar-refractivity contribution < 1.29 is 14.3 Å². The summed E-state index contributed by atoms with van der Waals surface area (Å²) in [5.41, 5.74) is 8.50. The number of hydrogen-bond acceptors (Lipinski definition) is 5. The molecule has 0 radical (unpaired) electrons. The van der Waals surface area contributed by atoms with Crippen molar-refractivity contribution in [3.05, 3.63) is 59.7 Å². The number of hydrazine groups is 1. The standard InChI is InChI=1S/C22H29N3O3/c1-3-4-13-28-19-11-7-17(8-12-19)20-14-21(25-24-20)22(26)23-15-16-5-9-18(27-2)10-6-16/h5-12,20-21,24-25H,3-4,13-15H2,1-2H3,(H,23,26). The van der Waals surface area contributed by atoms with E-state index in [9.17, 15) is 4.79 Å². The van der Waals surface area contributed by atoms with Crippen LogP contribution in [0.3, 0.4) is 0 Å². The van der Waals surface area contributed by atoms with Gasteiger partial charge in [0, 0.05) is 12.6 Å². The van der Waals surface area contributed by atoms with Crippen LogP contribution in [0, 0.1) is 0 Å². The Labute approximate surface area is 166 Å². The number of ether oxygens (including phenoxy) is 2. The van der Waals surface area contributed by atoms with Crippen molar-refractivity contribution in [1.82, 2.24) is 16.2 Å². The third-order valence-corrected chi connectivity index (χ3v) is 4.89. The van der Waals surface area contributed by atoms with Crippen LogP contribution in [-0.2, 0) is 11.3 Å². The van der Waals surface area contributed by atoms with E-state index in [2.05, 4.69) is 35.2 Å². The van der Waals surface area contributed by atoms with Gasteiger partial charge in [-0.25, -0.2) is 10.9 Å². The predicted octanol–water partition coefficient (Wildman–Crippen LogP) is 3.10. The maximum atomic E-state index is 12.5. The maximum absolute atomic E-state index is 12.5. The second kappa shape index (κ2) is 10.1. The third-order valence-electron chi connectivity index (χ3n) is 4.89. The lowest BCUT2D eigenvalue weighted by atomic mass is 10.0. The van der Waals surface area contributed by atoms with Crippen LogP contribution in [0.15, 0.2) is 48.5 Å². The molecular formula is C22H29N3O3. The molecule has 6 heteroatoms. The third kappa shape index (κ3) is 5.47. The molecule has 1 heterocycles. The van der Waals surface area contributed by atoms with Crippen molar-refractivity contribution in [3.8, 4) is 11.5 Å². The zero-order valence-electron chi connectivity index (χ0n) is 16.5. The van der Waals surface area contributed by atoms with Gasteiger partial charge in [-0.3, -0.25) is 4.79 Å². The Hall–Kier alpha value is -2.57. The van der Waals surface area contributed by atoms with Crippen molar-refractivity contribution in [2.24, 2.45) is 0 Å². The minimum atomic E-state index is -0.260. The SMILES string of the molecule is CCCCOc1ccc(C2CC(C(=O)NCc3ccc(OC)cc3)NN2)cc1. The molecule has 0 spiro atoms. The molecule has 0 saturated carbocycles. The van der Waals surface area contributed by atoms with Crippen LogP contribution in [0.2, 0.25) is 0 Å². The van der Waals surface area contributed by atoms with Gasteiger partial charge in [-0.1, -0.05) is 37.6 Å². The predicted molar refractivity (Wildman–Crippen MR) is 109 cm³/mol. The molecule has 150 valence electrons. The molecule has 3 N–H and O–H groups in total. The number of hydrogen-bond donors (Lipinski definition) is 3. The molecule has 1 aliphatic rings. The molecule has 3 rings (SSSR count). The molecule has 1 fully saturated rings. The summed E-state index contributed by atoms with van der Waals surface area (Å²) in [6.45, 7) is 3.39. The first-order valence-electron chi connectivity index (χ1n) is 9.84. The normalized spacial score (nSPS) is 18.6. The smallest absolute Gasteiger partial charge is 0.238 e. The van der Waals surface area contributed by atoms with E-state index in [1.54, 1.807) is 7.11 Å². The fourth-order valence-corrected chi connectivity index (χ4v) is 3.13. The molecule has 1 aliphatic heterocycles. The van der Waals surface area contributed by atoms with E-state index in [0.29, 0.717) is 13.0 Å². The number of carbonyl (C=O) groups excluding carboxylic acids is 1. The molecule has 2 aromatic carbocycles. The van der Waals surface area contributed by atoms with Crippen LogP contribution < -0.4 is 25.6 Å². The van der Waals surface area contributed by atoms with E-state index in [-0.39, 0.29) is 18.0 Å². The Morgan fingerprint density at radius 2 is 1.79 bits per heavy atom. The Balaban J connectivity index is 1.46. The van der Waals surface area contributed by atoms with Gasteiger partial charge >= 0.3 is 0 Å². The second-order valence-corrected chi connectivity index (χ2v) is 6.97. The fraction of sp³-hybridized carbons (Fsp3) is 0.409. The monoisotopic (exact) mass is 383 g/mol. The second-order valence-electron chi connectivity index (χ2n) is 6.97. The molecule has 2 atom stereocenters. The number of carbonyl (C=O) groups is 1. The van der Waals surface area contributed by atoms with Gasteiger partial charge in [0.2, 0.25) is 5.91 Å². The van der Waals surface area contributed by atoms with Gasteiger partial charge in [0.1, 0.15) is 17.5 Å². The molecule has 1 saturated heterocycles. The first-order chi connectivity index (χ1) is 13.7. The Morgan fingerprint density at radius 3 is 2.46 bits per heavy atom. The number of rotatable bonds is 9. The minimum Gasteiger partial charge on any atom is -0.497 e. The van der Waals surface area contributed by atoms with E-state index in [0.717, 1.165) is 42.1 Å². The molecule has 0 aliphatic carbocycles. The van der Waals surface area contributed by atoms with Crippen molar-refractivity contribution in [1.29, 1.82) is 0 Å². The zero-order valence-corrected chi connectivity index (χ0v) is 16.5. The van der Waals surface area contributed by atoms with E-state index < -0.39 is 0 Å². The van der Waals surface area contributed by atoms with Crippen LogP contribution in [-0.4, -0.2) is 25.7 Å². The Bertz CT molecular complexity index is 747. The highest BCUT2D eigenvalue weighted by molar-refractivity contribution is 5.82. The van der Waals surface area contributed by atoms with Gasteiger partial charge in [0.05, 0.1) is 13.7 Å². The number of benzene rings is 2. The summed E-state index contributed by atoms with van der Waals surface area (Å²) < 4.78 is 10.9. The first kappa shape index (κ1) is 20.2. The number of amides is 1. The molecule has 0 bridgehead atoms. The van der Waals surface area contributed by atoms with Crippen LogP contribution in [0.5, 0.6) is 11.5 Å². The van der Waals surface area contributed by atoms with Crippen LogP contribution >= 0.6 is 0 Å². The minimum absolute atomic E-state index is 0.00895. The van der Waals surface area contributed by atoms with Crippen molar-refractivity contribution in [2.75, 3.05) is 13.7 Å². The van der Waals surface area contributed by atoms with Gasteiger partial charge in [0.25, 0.3) is 0 Å². The highest BCUT2D eigenvalue weighted by Crippen LogP contribution is 2.24. The lowest BCUT2D eigenvalue weighted by Crippen LogP contribution is -2.42. The highest BCUT2D eigenvalue weighted by Gasteiger charge is 2.29. The summed E-state index contributed by atoms with van der Waals surface area (Å²) in [6.07, 6.45) is 2.88. The van der Waals surface area contributed by atoms with Crippen LogP contribution in [0.25, 0.3) is 0 Å². The molecular weight excluding hydrogens is 354 g/mol. The maximum Gasteiger partial charge on any atom is 0.238 e. The summed E-state index contributed by atoms with van der Waals surface area (Å²) in [5.74, 6) is 1.68. The van der Waals surface area contributed by atoms with E-state index >= 15 is 0 Å². The van der Waals surface area contributed by atoms with Gasteiger partial charge in [-0.15, -0.1) is 0 Å². The largest absolute Gasteiger partial charge is 0.497 e. The topological polar surface area (TPSA) is 71.6 Å². The summed E-state index contributed by atoms with van der Waals surface area (Å²) in [7, 11) is 1.64. The zero-order chi connectivity index (χ0) is 19.8. The fourth-order valence-electron chi connectivity index (χ4n) is 3.13. The van der Waals surface area contributed by atoms with E-state index in [1.807, 2.05) is 36.4 Å². The number of unbranched alkanes of at least 4 members (excludes halogenated alkanes) is 1. The molecule has 2 unspecified atom stereocenters. The van der Waals surface area contributed by atoms with Gasteiger partial charge in [0.15, 0.2) is 0 Å². The van der Waals surface area contributed by atoms with Crippen molar-refractivity contribution in [2.45, 2.75) is 44.8 Å². The molecule has 0 aromatic heterocycles. The van der Waals surface area contributed by atoms with Crippen molar-refractivity contribution >= 4 is 5.91 Å². The molecule has 2 aromatic rings. The number of nitrogens with one attached hydrogen (secondary N) is 3. The quantitative estimate of drug-likeness (QED) is 0.581. The highest BCUT2D eigenvalue weighted by atomic mass is 16.5.